The van der Waals surface area contributed by atoms with Gasteiger partial charge in [-0.05, 0) is 26.8 Å². The van der Waals surface area contributed by atoms with E-state index in [1.54, 1.807) is 0 Å². The van der Waals surface area contributed by atoms with Gasteiger partial charge in [-0.2, -0.15) is 5.10 Å². The Labute approximate surface area is 125 Å². The third-order valence-electron chi connectivity index (χ3n) is 3.41. The van der Waals surface area contributed by atoms with Crippen LogP contribution < -0.4 is 0 Å². The third-order valence-corrected chi connectivity index (χ3v) is 3.41. The van der Waals surface area contributed by atoms with Gasteiger partial charge in [-0.15, -0.1) is 0 Å². The first-order chi connectivity index (χ1) is 10.2. The van der Waals surface area contributed by atoms with Crippen LogP contribution in [0, 0.1) is 0 Å². The molecule has 1 heterocycles. The number of aryl methyl sites for hydroxylation is 1. The molecule has 0 saturated carbocycles. The first-order valence-electron chi connectivity index (χ1n) is 7.56. The van der Waals surface area contributed by atoms with E-state index in [2.05, 4.69) is 12.0 Å². The Hall–Kier alpha value is -1.43. The first kappa shape index (κ1) is 15.9. The lowest BCUT2D eigenvalue weighted by molar-refractivity contribution is -0.188. The molecule has 0 spiro atoms. The standard InChI is InChI=1S/C16H24N2O3/c1-4-18-14-10-8-7-9-12(14)13(17-18)11-15(19)16(20-5-2)21-6-3/h7-10,15-16,19H,4-6,11H2,1-3H3. The van der Waals surface area contributed by atoms with Gasteiger partial charge < -0.3 is 14.6 Å². The van der Waals surface area contributed by atoms with Crippen LogP contribution in [0.1, 0.15) is 26.5 Å². The zero-order valence-corrected chi connectivity index (χ0v) is 13.0. The second-order valence-electron chi connectivity index (χ2n) is 4.83. The van der Waals surface area contributed by atoms with Crippen LogP contribution in [-0.4, -0.2) is 40.5 Å². The summed E-state index contributed by atoms with van der Waals surface area (Å²) < 4.78 is 12.9. The number of nitrogens with zero attached hydrogens (tertiary/aromatic N) is 2. The highest BCUT2D eigenvalue weighted by Crippen LogP contribution is 2.21. The second kappa shape index (κ2) is 7.54. The van der Waals surface area contributed by atoms with Crippen LogP contribution in [0.3, 0.4) is 0 Å². The summed E-state index contributed by atoms with van der Waals surface area (Å²) in [4.78, 5) is 0. The van der Waals surface area contributed by atoms with Crippen LogP contribution in [-0.2, 0) is 22.4 Å². The number of benzene rings is 1. The number of fused-ring (bicyclic) bond motifs is 1. The number of para-hydroxylation sites is 1. The molecular formula is C16H24N2O3. The highest BCUT2D eigenvalue weighted by atomic mass is 16.7. The number of rotatable bonds is 8. The van der Waals surface area contributed by atoms with Gasteiger partial charge in [-0.1, -0.05) is 18.2 Å². The van der Waals surface area contributed by atoms with E-state index in [1.165, 1.54) is 0 Å². The molecule has 1 aromatic heterocycles. The minimum atomic E-state index is -0.728. The van der Waals surface area contributed by atoms with Crippen LogP contribution in [0.25, 0.3) is 10.9 Å². The summed E-state index contributed by atoms with van der Waals surface area (Å²) in [5.74, 6) is 0. The molecule has 5 nitrogen and oxygen atoms in total. The molecule has 21 heavy (non-hydrogen) atoms. The number of aliphatic hydroxyl groups excluding tert-OH is 1. The normalized spacial score (nSPS) is 13.2. The first-order valence-corrected chi connectivity index (χ1v) is 7.56. The van der Waals surface area contributed by atoms with Crippen molar-refractivity contribution in [2.45, 2.75) is 46.1 Å². The Morgan fingerprint density at radius 3 is 2.43 bits per heavy atom. The van der Waals surface area contributed by atoms with E-state index >= 15 is 0 Å². The zero-order valence-electron chi connectivity index (χ0n) is 13.0. The Bertz CT molecular complexity index is 562. The monoisotopic (exact) mass is 292 g/mol. The Kier molecular flexibility index (Phi) is 5.73. The minimum absolute atomic E-state index is 0.415. The lowest BCUT2D eigenvalue weighted by Crippen LogP contribution is -2.33. The molecule has 0 fully saturated rings. The summed E-state index contributed by atoms with van der Waals surface area (Å²) in [6.45, 7) is 7.65. The van der Waals surface area contributed by atoms with Crippen LogP contribution in [0.4, 0.5) is 0 Å². The van der Waals surface area contributed by atoms with Crippen LogP contribution in [0.2, 0.25) is 0 Å². The predicted molar refractivity (Wildman–Crippen MR) is 82.2 cm³/mol. The van der Waals surface area contributed by atoms with Gasteiger partial charge in [-0.25, -0.2) is 0 Å². The molecule has 1 atom stereocenters. The van der Waals surface area contributed by atoms with Crippen molar-refractivity contribution in [3.63, 3.8) is 0 Å². The summed E-state index contributed by atoms with van der Waals surface area (Å²) >= 11 is 0. The predicted octanol–water partition coefficient (Wildman–Crippen LogP) is 2.36. The fourth-order valence-electron chi connectivity index (χ4n) is 2.48. The number of hydrogen-bond donors (Lipinski definition) is 1. The van der Waals surface area contributed by atoms with E-state index in [0.717, 1.165) is 23.1 Å². The molecule has 0 bridgehead atoms. The third kappa shape index (κ3) is 3.61. The topological polar surface area (TPSA) is 56.5 Å². The molecule has 1 N–H and O–H groups in total. The summed E-state index contributed by atoms with van der Waals surface area (Å²) in [5, 5.41) is 16.0. The van der Waals surface area contributed by atoms with Crippen LogP contribution >= 0.6 is 0 Å². The Morgan fingerprint density at radius 2 is 1.81 bits per heavy atom. The molecule has 0 aliphatic carbocycles. The molecule has 0 amide bonds. The highest BCUT2D eigenvalue weighted by molar-refractivity contribution is 5.82. The van der Waals surface area contributed by atoms with Crippen molar-refractivity contribution >= 4 is 10.9 Å². The van der Waals surface area contributed by atoms with Crippen molar-refractivity contribution < 1.29 is 14.6 Å². The van der Waals surface area contributed by atoms with Crippen molar-refractivity contribution in [1.29, 1.82) is 0 Å². The van der Waals surface area contributed by atoms with Crippen molar-refractivity contribution in [3.8, 4) is 0 Å². The van der Waals surface area contributed by atoms with Gasteiger partial charge in [0.2, 0.25) is 0 Å². The molecule has 2 rings (SSSR count). The maximum absolute atomic E-state index is 10.4. The molecule has 0 aliphatic heterocycles. The minimum Gasteiger partial charge on any atom is -0.387 e. The Morgan fingerprint density at radius 1 is 1.14 bits per heavy atom. The van der Waals surface area contributed by atoms with Crippen molar-refractivity contribution in [3.05, 3.63) is 30.0 Å². The summed E-state index contributed by atoms with van der Waals surface area (Å²) in [5.41, 5.74) is 1.97. The average Bonchev–Trinajstić information content (AvgIpc) is 2.85. The number of aliphatic hydroxyl groups is 1. The summed E-state index contributed by atoms with van der Waals surface area (Å²) in [6.07, 6.45) is -0.919. The van der Waals surface area contributed by atoms with Gasteiger partial charge in [0.25, 0.3) is 0 Å². The maximum atomic E-state index is 10.4. The van der Waals surface area contributed by atoms with Gasteiger partial charge in [0.1, 0.15) is 6.10 Å². The van der Waals surface area contributed by atoms with Gasteiger partial charge >= 0.3 is 0 Å². The van der Waals surface area contributed by atoms with Gasteiger partial charge in [0.15, 0.2) is 6.29 Å². The smallest absolute Gasteiger partial charge is 0.183 e. The molecule has 1 aromatic carbocycles. The lowest BCUT2D eigenvalue weighted by atomic mass is 10.1. The SMILES string of the molecule is CCOC(OCC)C(O)Cc1nn(CC)c2ccccc12. The largest absolute Gasteiger partial charge is 0.387 e. The molecule has 0 saturated heterocycles. The van der Waals surface area contributed by atoms with E-state index in [4.69, 9.17) is 9.47 Å². The number of hydrogen-bond acceptors (Lipinski definition) is 4. The fraction of sp³-hybridized carbons (Fsp3) is 0.562. The fourth-order valence-corrected chi connectivity index (χ4v) is 2.48. The van der Waals surface area contributed by atoms with E-state index in [9.17, 15) is 5.11 Å². The molecular weight excluding hydrogens is 268 g/mol. The molecule has 5 heteroatoms. The van der Waals surface area contributed by atoms with E-state index < -0.39 is 12.4 Å². The van der Waals surface area contributed by atoms with Gasteiger partial charge in [0, 0.05) is 31.6 Å². The van der Waals surface area contributed by atoms with E-state index in [0.29, 0.717) is 19.6 Å². The molecule has 1 unspecified atom stereocenters. The molecule has 2 aromatic rings. The molecule has 116 valence electrons. The molecule has 0 aliphatic rings. The maximum Gasteiger partial charge on any atom is 0.183 e. The lowest BCUT2D eigenvalue weighted by Gasteiger charge is -2.22. The van der Waals surface area contributed by atoms with Gasteiger partial charge in [0.05, 0.1) is 11.2 Å². The highest BCUT2D eigenvalue weighted by Gasteiger charge is 2.22. The van der Waals surface area contributed by atoms with Crippen molar-refractivity contribution in [2.75, 3.05) is 13.2 Å². The number of aromatic nitrogens is 2. The quantitative estimate of drug-likeness (QED) is 0.759. The Balaban J connectivity index is 2.22. The van der Waals surface area contributed by atoms with E-state index in [-0.39, 0.29) is 0 Å². The van der Waals surface area contributed by atoms with E-state index in [1.807, 2.05) is 42.8 Å². The zero-order chi connectivity index (χ0) is 15.2. The van der Waals surface area contributed by atoms with Crippen molar-refractivity contribution in [1.82, 2.24) is 9.78 Å². The average molecular weight is 292 g/mol. The number of ether oxygens (including phenoxy) is 2. The molecule has 0 radical (unpaired) electrons. The van der Waals surface area contributed by atoms with Crippen molar-refractivity contribution in [2.24, 2.45) is 0 Å². The van der Waals surface area contributed by atoms with Gasteiger partial charge in [-0.3, -0.25) is 4.68 Å². The summed E-state index contributed by atoms with van der Waals surface area (Å²) in [6, 6.07) is 8.07. The van der Waals surface area contributed by atoms with Crippen LogP contribution in [0.15, 0.2) is 24.3 Å². The van der Waals surface area contributed by atoms with Crippen LogP contribution in [0.5, 0.6) is 0 Å². The summed E-state index contributed by atoms with van der Waals surface area (Å²) in [7, 11) is 0. The second-order valence-corrected chi connectivity index (χ2v) is 4.83.